The summed E-state index contributed by atoms with van der Waals surface area (Å²) in [5, 5.41) is 6.08. The molecular weight excluding hydrogens is 822 g/mol. The molecule has 0 radical (unpaired) electrons. The van der Waals surface area contributed by atoms with Crippen molar-refractivity contribution in [1.82, 2.24) is 34.8 Å². The predicted octanol–water partition coefficient (Wildman–Crippen LogP) is 4.70. The Labute approximate surface area is 360 Å². The third-order valence-corrected chi connectivity index (χ3v) is 15.3. The smallest absolute Gasteiger partial charge is 0.408 e. The maximum atomic E-state index is 15.7. The number of rotatable bonds is 10. The van der Waals surface area contributed by atoms with E-state index in [0.29, 0.717) is 55.3 Å². The zero-order valence-corrected chi connectivity index (χ0v) is 36.5. The van der Waals surface area contributed by atoms with Crippen LogP contribution in [0, 0.1) is 23.1 Å². The van der Waals surface area contributed by atoms with Crippen LogP contribution >= 0.6 is 0 Å². The van der Waals surface area contributed by atoms with Crippen molar-refractivity contribution in [3.05, 3.63) is 61.0 Å². The van der Waals surface area contributed by atoms with Gasteiger partial charge in [-0.05, 0) is 75.3 Å². The second kappa shape index (κ2) is 16.5. The summed E-state index contributed by atoms with van der Waals surface area (Å²) in [5.41, 5.74) is -1.82. The molecule has 3 aromatic rings. The van der Waals surface area contributed by atoms with Crippen LogP contribution in [0.1, 0.15) is 91.0 Å². The summed E-state index contributed by atoms with van der Waals surface area (Å²) >= 11 is 0. The number of para-hydroxylation sites is 1. The molecule has 3 aliphatic carbocycles. The summed E-state index contributed by atoms with van der Waals surface area (Å²) in [7, 11) is -4.05. The van der Waals surface area contributed by atoms with Gasteiger partial charge in [-0.25, -0.2) is 27.6 Å². The fraction of sp³-hybridized carbons (Fsp3) is 0.591. The molecule has 0 spiro atoms. The summed E-state index contributed by atoms with van der Waals surface area (Å²) in [6.07, 6.45) is 10.0. The first kappa shape index (κ1) is 43.4. The first-order valence-corrected chi connectivity index (χ1v) is 23.1. The highest BCUT2D eigenvalue weighted by Gasteiger charge is 2.63. The van der Waals surface area contributed by atoms with Gasteiger partial charge in [-0.15, -0.1) is 6.58 Å². The van der Waals surface area contributed by atoms with E-state index in [1.807, 2.05) is 10.8 Å². The molecule has 2 aromatic heterocycles. The van der Waals surface area contributed by atoms with Crippen molar-refractivity contribution >= 4 is 44.7 Å². The number of imidazole rings is 1. The Morgan fingerprint density at radius 3 is 2.63 bits per heavy atom. The average Bonchev–Trinajstić information content (AvgIpc) is 4.16. The van der Waals surface area contributed by atoms with Crippen molar-refractivity contribution in [3.63, 3.8) is 0 Å². The van der Waals surface area contributed by atoms with E-state index in [4.69, 9.17) is 19.2 Å². The quantitative estimate of drug-likeness (QED) is 0.239. The second-order valence-electron chi connectivity index (χ2n) is 18.9. The molecule has 16 nitrogen and oxygen atoms in total. The number of fused-ring (bicyclic) bond motifs is 5. The molecular formula is C44H56FN7O9S. The van der Waals surface area contributed by atoms with Gasteiger partial charge in [0.15, 0.2) is 0 Å². The number of alkyl carbamates (subject to hydrolysis) is 1. The van der Waals surface area contributed by atoms with E-state index in [-0.39, 0.29) is 49.4 Å². The third-order valence-electron chi connectivity index (χ3n) is 13.1. The van der Waals surface area contributed by atoms with Crippen molar-refractivity contribution in [2.45, 2.75) is 133 Å². The Kier molecular flexibility index (Phi) is 11.5. The fourth-order valence-corrected chi connectivity index (χ4v) is 10.0. The number of carbonyl (C=O) groups is 4. The lowest BCUT2D eigenvalue weighted by Crippen LogP contribution is -2.60. The maximum absolute atomic E-state index is 15.7. The molecule has 62 heavy (non-hydrogen) atoms. The van der Waals surface area contributed by atoms with Gasteiger partial charge in [-0.1, -0.05) is 45.8 Å². The molecule has 7 atom stereocenters. The predicted molar refractivity (Wildman–Crippen MR) is 225 cm³/mol. The maximum Gasteiger partial charge on any atom is 0.408 e. The zero-order chi connectivity index (χ0) is 44.2. The normalized spacial score (nSPS) is 28.4. The van der Waals surface area contributed by atoms with Gasteiger partial charge < -0.3 is 34.3 Å². The molecule has 8 rings (SSSR count). The lowest BCUT2D eigenvalue weighted by Gasteiger charge is -2.35. The molecule has 1 saturated heterocycles. The van der Waals surface area contributed by atoms with E-state index in [2.05, 4.69) is 26.9 Å². The molecule has 0 unspecified atom stereocenters. The van der Waals surface area contributed by atoms with Crippen LogP contribution in [0.4, 0.5) is 9.18 Å². The van der Waals surface area contributed by atoms with E-state index in [0.717, 1.165) is 19.3 Å². The number of halogens is 1. The minimum Gasteiger partial charge on any atom is -0.491 e. The molecule has 1 aromatic carbocycles. The third kappa shape index (κ3) is 8.71. The standard InChI is InChI=1S/C44H56FN7O9S/c1-6-27-23-44(27,40(55)50-62(57,58)43(5)15-16-43)49-37(53)32-22-28-24-52(32)39(54)36(42(2,3)4)48-41(56)61-33-21-26(33)11-8-7-9-12-30-35(59-20-19-51-18-17-46-25-51)29-13-10-14-31(45)34(29)47-38(30)60-28/h6,10,13-14,17-18,25-28,32-33,36H,1,7-9,11-12,15-16,19-24H2,2-5H3,(H,48,56)(H,49,53)(H,50,55)/t26-,27-,28-,32+,33-,36-,44-/m1/s1. The zero-order valence-electron chi connectivity index (χ0n) is 35.7. The van der Waals surface area contributed by atoms with Gasteiger partial charge in [0, 0.05) is 30.1 Å². The van der Waals surface area contributed by atoms with Crippen molar-refractivity contribution < 1.29 is 46.2 Å². The van der Waals surface area contributed by atoms with Crippen LogP contribution in [0.3, 0.4) is 0 Å². The minimum atomic E-state index is -4.05. The number of hydrogen-bond acceptors (Lipinski definition) is 11. The summed E-state index contributed by atoms with van der Waals surface area (Å²) in [6.45, 7) is 11.3. The number of benzene rings is 1. The molecule has 4 heterocycles. The van der Waals surface area contributed by atoms with E-state index < -0.39 is 79.5 Å². The molecule has 5 aliphatic rings. The summed E-state index contributed by atoms with van der Waals surface area (Å²) in [6, 6.07) is 2.27. The number of hydrogen-bond donors (Lipinski definition) is 3. The number of nitrogens with one attached hydrogen (secondary N) is 3. The minimum absolute atomic E-state index is 0.0358. The van der Waals surface area contributed by atoms with Crippen molar-refractivity contribution in [2.24, 2.45) is 17.3 Å². The van der Waals surface area contributed by atoms with Gasteiger partial charge in [0.2, 0.25) is 27.7 Å². The number of amides is 4. The molecule has 4 fully saturated rings. The Morgan fingerprint density at radius 1 is 1.15 bits per heavy atom. The fourth-order valence-electron chi connectivity index (χ4n) is 8.70. The van der Waals surface area contributed by atoms with Crippen LogP contribution in [0.2, 0.25) is 0 Å². The summed E-state index contributed by atoms with van der Waals surface area (Å²) in [4.78, 5) is 66.7. The first-order valence-electron chi connectivity index (χ1n) is 21.6. The van der Waals surface area contributed by atoms with E-state index in [1.54, 1.807) is 52.4 Å². The number of pyridine rings is 1. The number of ether oxygens (including phenoxy) is 3. The Balaban J connectivity index is 1.15. The van der Waals surface area contributed by atoms with Crippen LogP contribution in [-0.4, -0.2) is 99.4 Å². The highest BCUT2D eigenvalue weighted by Crippen LogP contribution is 2.47. The Morgan fingerprint density at radius 2 is 1.94 bits per heavy atom. The van der Waals surface area contributed by atoms with Crippen molar-refractivity contribution in [2.75, 3.05) is 13.2 Å². The monoisotopic (exact) mass is 877 g/mol. The largest absolute Gasteiger partial charge is 0.491 e. The van der Waals surface area contributed by atoms with Crippen LogP contribution in [0.25, 0.3) is 10.9 Å². The van der Waals surface area contributed by atoms with Crippen LogP contribution < -0.4 is 24.8 Å². The van der Waals surface area contributed by atoms with Gasteiger partial charge >= 0.3 is 6.09 Å². The lowest BCUT2D eigenvalue weighted by atomic mass is 9.85. The summed E-state index contributed by atoms with van der Waals surface area (Å²) in [5.74, 6) is -2.62. The molecule has 3 N–H and O–H groups in total. The first-order chi connectivity index (χ1) is 29.4. The molecule has 334 valence electrons. The highest BCUT2D eigenvalue weighted by atomic mass is 32.2. The number of carbonyl (C=O) groups excluding carboxylic acids is 4. The Hall–Kier alpha value is -5.26. The van der Waals surface area contributed by atoms with Gasteiger partial charge in [0.1, 0.15) is 53.5 Å². The molecule has 2 bridgehead atoms. The van der Waals surface area contributed by atoms with E-state index in [9.17, 15) is 27.6 Å². The van der Waals surface area contributed by atoms with Crippen molar-refractivity contribution in [3.8, 4) is 11.6 Å². The molecule has 3 saturated carbocycles. The average molecular weight is 878 g/mol. The van der Waals surface area contributed by atoms with Crippen LogP contribution in [-0.2, 0) is 42.1 Å². The SMILES string of the molecule is C=C[C@@H]1C[C@]1(NC(=O)[C@@H]1C[C@@H]2CN1C(=O)[C@H](C(C)(C)C)NC(=O)O[C@@H]1C[C@H]1CCCCCc1c(nc3c(F)cccc3c1OCCn1ccnc1)O2)C(=O)NS(=O)(=O)C1(C)CC1. The summed E-state index contributed by atoms with van der Waals surface area (Å²) < 4.78 is 63.9. The van der Waals surface area contributed by atoms with Gasteiger partial charge in [0.25, 0.3) is 5.91 Å². The number of nitrogens with zero attached hydrogens (tertiary/aromatic N) is 4. The molecule has 2 aliphatic heterocycles. The van der Waals surface area contributed by atoms with Gasteiger partial charge in [0.05, 0.1) is 29.7 Å². The second-order valence-corrected chi connectivity index (χ2v) is 21.1. The topological polar surface area (TPSA) is 200 Å². The van der Waals surface area contributed by atoms with Gasteiger partial charge in [-0.3, -0.25) is 19.1 Å². The molecule has 4 amide bonds. The highest BCUT2D eigenvalue weighted by molar-refractivity contribution is 7.91. The van der Waals surface area contributed by atoms with Crippen molar-refractivity contribution in [1.29, 1.82) is 0 Å². The molecule has 18 heteroatoms. The van der Waals surface area contributed by atoms with E-state index >= 15 is 4.39 Å². The van der Waals surface area contributed by atoms with Gasteiger partial charge in [-0.2, -0.15) is 0 Å². The Bertz CT molecular complexity index is 2370. The number of aromatic nitrogens is 3. The van der Waals surface area contributed by atoms with E-state index in [1.165, 1.54) is 17.0 Å². The lowest BCUT2D eigenvalue weighted by molar-refractivity contribution is -0.142. The van der Waals surface area contributed by atoms with Crippen LogP contribution in [0.5, 0.6) is 11.6 Å². The number of sulfonamides is 1. The van der Waals surface area contributed by atoms with Crippen LogP contribution in [0.15, 0.2) is 49.6 Å².